The third-order valence-corrected chi connectivity index (χ3v) is 3.03. The standard InChI is InChI=1S/C18H23F3N2O6/c1-11(27-14(24)9-10-22-16(26)29-17(2,3)4)15(25)23-12-5-7-13(8-6-12)28-18(19,20)21/h5-8,11H,9-10H2,1-4H3,(H,22,26)(H,23,25)/t11-/m1/s1. The number of esters is 1. The quantitative estimate of drug-likeness (QED) is 0.656. The summed E-state index contributed by atoms with van der Waals surface area (Å²) in [6, 6.07) is 4.47. The van der Waals surface area contributed by atoms with Gasteiger partial charge in [0.2, 0.25) is 0 Å². The Balaban J connectivity index is 2.40. The Bertz CT molecular complexity index is 714. The number of ether oxygens (including phenoxy) is 3. The predicted molar refractivity (Wildman–Crippen MR) is 96.2 cm³/mol. The van der Waals surface area contributed by atoms with E-state index in [1.54, 1.807) is 20.8 Å². The highest BCUT2D eigenvalue weighted by Crippen LogP contribution is 2.24. The predicted octanol–water partition coefficient (Wildman–Crippen LogP) is 3.37. The number of hydrogen-bond acceptors (Lipinski definition) is 6. The summed E-state index contributed by atoms with van der Waals surface area (Å²) in [6.45, 7) is 6.37. The lowest BCUT2D eigenvalue weighted by Gasteiger charge is -2.19. The molecule has 0 bridgehead atoms. The molecular weight excluding hydrogens is 397 g/mol. The first-order valence-corrected chi connectivity index (χ1v) is 8.58. The van der Waals surface area contributed by atoms with Crippen LogP contribution in [0.15, 0.2) is 24.3 Å². The maximum absolute atomic E-state index is 12.1. The van der Waals surface area contributed by atoms with Crippen molar-refractivity contribution in [2.24, 2.45) is 0 Å². The molecule has 1 rings (SSSR count). The normalized spacial score (nSPS) is 12.5. The van der Waals surface area contributed by atoms with Crippen LogP contribution in [-0.2, 0) is 19.1 Å². The molecule has 2 N–H and O–H groups in total. The van der Waals surface area contributed by atoms with E-state index in [4.69, 9.17) is 9.47 Å². The minimum absolute atomic E-state index is 0.0389. The van der Waals surface area contributed by atoms with Crippen LogP contribution in [0.5, 0.6) is 5.75 Å². The van der Waals surface area contributed by atoms with Crippen molar-refractivity contribution < 1.29 is 41.8 Å². The lowest BCUT2D eigenvalue weighted by atomic mass is 10.2. The molecule has 0 saturated carbocycles. The number of amides is 2. The summed E-state index contributed by atoms with van der Waals surface area (Å²) in [5, 5.41) is 4.77. The Morgan fingerprint density at radius 3 is 2.17 bits per heavy atom. The fraction of sp³-hybridized carbons (Fsp3) is 0.500. The van der Waals surface area contributed by atoms with Gasteiger partial charge in [0.1, 0.15) is 11.4 Å². The molecule has 0 spiro atoms. The molecule has 162 valence electrons. The second kappa shape index (κ2) is 9.99. The summed E-state index contributed by atoms with van der Waals surface area (Å²) in [5.41, 5.74) is -0.479. The topological polar surface area (TPSA) is 103 Å². The van der Waals surface area contributed by atoms with Crippen LogP contribution in [0.1, 0.15) is 34.1 Å². The number of benzene rings is 1. The molecule has 1 aromatic rings. The summed E-state index contributed by atoms with van der Waals surface area (Å²) in [5.74, 6) is -1.84. The highest BCUT2D eigenvalue weighted by molar-refractivity contribution is 5.95. The van der Waals surface area contributed by atoms with Gasteiger partial charge in [-0.15, -0.1) is 13.2 Å². The van der Waals surface area contributed by atoms with Gasteiger partial charge in [-0.2, -0.15) is 0 Å². The monoisotopic (exact) mass is 420 g/mol. The summed E-state index contributed by atoms with van der Waals surface area (Å²) in [4.78, 5) is 35.2. The molecule has 11 heteroatoms. The lowest BCUT2D eigenvalue weighted by Crippen LogP contribution is -2.35. The summed E-state index contributed by atoms with van der Waals surface area (Å²) in [7, 11) is 0. The fourth-order valence-electron chi connectivity index (χ4n) is 1.87. The van der Waals surface area contributed by atoms with Crippen molar-refractivity contribution in [1.29, 1.82) is 0 Å². The van der Waals surface area contributed by atoms with Crippen LogP contribution in [0.25, 0.3) is 0 Å². The fourth-order valence-corrected chi connectivity index (χ4v) is 1.87. The summed E-state index contributed by atoms with van der Waals surface area (Å²) < 4.78 is 50.0. The smallest absolute Gasteiger partial charge is 0.452 e. The van der Waals surface area contributed by atoms with Crippen molar-refractivity contribution in [3.8, 4) is 5.75 Å². The highest BCUT2D eigenvalue weighted by atomic mass is 19.4. The number of anilines is 1. The highest BCUT2D eigenvalue weighted by Gasteiger charge is 2.31. The van der Waals surface area contributed by atoms with Gasteiger partial charge in [0, 0.05) is 12.2 Å². The van der Waals surface area contributed by atoms with Gasteiger partial charge in [-0.05, 0) is 52.0 Å². The van der Waals surface area contributed by atoms with Gasteiger partial charge in [0.05, 0.1) is 6.42 Å². The number of nitrogens with one attached hydrogen (secondary N) is 2. The second-order valence-electron chi connectivity index (χ2n) is 6.87. The van der Waals surface area contributed by atoms with Crippen LogP contribution in [0.2, 0.25) is 0 Å². The van der Waals surface area contributed by atoms with Gasteiger partial charge in [-0.3, -0.25) is 9.59 Å². The zero-order valence-corrected chi connectivity index (χ0v) is 16.4. The van der Waals surface area contributed by atoms with Crippen molar-refractivity contribution in [2.45, 2.75) is 52.2 Å². The second-order valence-corrected chi connectivity index (χ2v) is 6.87. The van der Waals surface area contributed by atoms with E-state index in [9.17, 15) is 27.6 Å². The SMILES string of the molecule is C[C@@H](OC(=O)CCNC(=O)OC(C)(C)C)C(=O)Nc1ccc(OC(F)(F)F)cc1. The van der Waals surface area contributed by atoms with Gasteiger partial charge in [-0.25, -0.2) is 4.79 Å². The molecule has 0 radical (unpaired) electrons. The van der Waals surface area contributed by atoms with E-state index in [1.165, 1.54) is 19.1 Å². The van der Waals surface area contributed by atoms with E-state index in [1.807, 2.05) is 0 Å². The molecular formula is C18H23F3N2O6. The molecule has 8 nitrogen and oxygen atoms in total. The molecule has 0 fully saturated rings. The average Bonchev–Trinajstić information content (AvgIpc) is 2.53. The third kappa shape index (κ3) is 10.8. The zero-order valence-electron chi connectivity index (χ0n) is 16.4. The number of halogens is 3. The van der Waals surface area contributed by atoms with Crippen molar-refractivity contribution in [1.82, 2.24) is 5.32 Å². The minimum atomic E-state index is -4.81. The van der Waals surface area contributed by atoms with Gasteiger partial charge >= 0.3 is 18.4 Å². The number of hydrogen-bond donors (Lipinski definition) is 2. The van der Waals surface area contributed by atoms with Crippen molar-refractivity contribution >= 4 is 23.7 Å². The molecule has 0 heterocycles. The Hall–Kier alpha value is -2.98. The molecule has 0 unspecified atom stereocenters. The molecule has 1 atom stereocenters. The number of alkyl carbamates (subject to hydrolysis) is 1. The maximum atomic E-state index is 12.1. The first-order valence-electron chi connectivity index (χ1n) is 8.58. The van der Waals surface area contributed by atoms with E-state index in [0.29, 0.717) is 0 Å². The van der Waals surface area contributed by atoms with Gasteiger partial charge in [-0.1, -0.05) is 0 Å². The largest absolute Gasteiger partial charge is 0.573 e. The molecule has 0 aromatic heterocycles. The number of carbonyl (C=O) groups excluding carboxylic acids is 3. The first-order chi connectivity index (χ1) is 13.2. The zero-order chi connectivity index (χ0) is 22.2. The van der Waals surface area contributed by atoms with Crippen LogP contribution < -0.4 is 15.4 Å². The summed E-state index contributed by atoms with van der Waals surface area (Å²) >= 11 is 0. The van der Waals surface area contributed by atoms with Crippen LogP contribution >= 0.6 is 0 Å². The molecule has 0 aliphatic rings. The van der Waals surface area contributed by atoms with Crippen LogP contribution in [0, 0.1) is 0 Å². The lowest BCUT2D eigenvalue weighted by molar-refractivity contribution is -0.274. The average molecular weight is 420 g/mol. The molecule has 0 aliphatic carbocycles. The molecule has 29 heavy (non-hydrogen) atoms. The first kappa shape index (κ1) is 24.1. The van der Waals surface area contributed by atoms with E-state index in [0.717, 1.165) is 12.1 Å². The van der Waals surface area contributed by atoms with Crippen LogP contribution in [0.4, 0.5) is 23.7 Å². The molecule has 1 aromatic carbocycles. The summed E-state index contributed by atoms with van der Waals surface area (Å²) in [6.07, 6.45) is -6.84. The van der Waals surface area contributed by atoms with Crippen LogP contribution in [0.3, 0.4) is 0 Å². The molecule has 2 amide bonds. The number of alkyl halides is 3. The van der Waals surface area contributed by atoms with E-state index in [-0.39, 0.29) is 18.7 Å². The molecule has 0 saturated heterocycles. The Morgan fingerprint density at radius 2 is 1.66 bits per heavy atom. The van der Waals surface area contributed by atoms with E-state index < -0.39 is 41.8 Å². The van der Waals surface area contributed by atoms with Crippen molar-refractivity contribution in [3.05, 3.63) is 24.3 Å². The van der Waals surface area contributed by atoms with Gasteiger partial charge < -0.3 is 24.8 Å². The van der Waals surface area contributed by atoms with Gasteiger partial charge in [0.15, 0.2) is 6.10 Å². The Labute approximate surface area is 165 Å². The van der Waals surface area contributed by atoms with Crippen molar-refractivity contribution in [2.75, 3.05) is 11.9 Å². The number of carbonyl (C=O) groups is 3. The van der Waals surface area contributed by atoms with Crippen molar-refractivity contribution in [3.63, 3.8) is 0 Å². The Morgan fingerprint density at radius 1 is 1.07 bits per heavy atom. The maximum Gasteiger partial charge on any atom is 0.573 e. The van der Waals surface area contributed by atoms with E-state index in [2.05, 4.69) is 15.4 Å². The van der Waals surface area contributed by atoms with E-state index >= 15 is 0 Å². The Kier molecular flexibility index (Phi) is 8.28. The van der Waals surface area contributed by atoms with Crippen LogP contribution in [-0.4, -0.2) is 42.6 Å². The molecule has 0 aliphatic heterocycles. The third-order valence-electron chi connectivity index (χ3n) is 3.03. The van der Waals surface area contributed by atoms with Gasteiger partial charge in [0.25, 0.3) is 5.91 Å². The number of rotatable bonds is 7. The minimum Gasteiger partial charge on any atom is -0.452 e.